The van der Waals surface area contributed by atoms with Gasteiger partial charge in [0.25, 0.3) is 0 Å². The lowest BCUT2D eigenvalue weighted by Crippen LogP contribution is -2.42. The third-order valence-electron chi connectivity index (χ3n) is 4.65. The van der Waals surface area contributed by atoms with Crippen LogP contribution in [0.4, 0.5) is 14.5 Å². The topological polar surface area (TPSA) is 60.0 Å². The van der Waals surface area contributed by atoms with Gasteiger partial charge in [0, 0.05) is 32.5 Å². The Balaban J connectivity index is 1.52. The Bertz CT molecular complexity index is 591. The molecule has 1 aromatic rings. The van der Waals surface area contributed by atoms with Crippen LogP contribution < -0.4 is 10.1 Å². The maximum atomic E-state index is 12.2. The minimum absolute atomic E-state index is 0.0337. The van der Waals surface area contributed by atoms with Crippen LogP contribution in [-0.2, 0) is 14.3 Å². The molecule has 1 N–H and O–H groups in total. The van der Waals surface area contributed by atoms with Gasteiger partial charge in [0.2, 0.25) is 5.91 Å². The number of carbonyl (C=O) groups is 1. The van der Waals surface area contributed by atoms with Gasteiger partial charge >= 0.3 is 6.61 Å². The fourth-order valence-electron chi connectivity index (χ4n) is 3.58. The van der Waals surface area contributed by atoms with Crippen LogP contribution in [0.5, 0.6) is 5.75 Å². The van der Waals surface area contributed by atoms with Crippen LogP contribution in [0, 0.1) is 0 Å². The van der Waals surface area contributed by atoms with Crippen molar-refractivity contribution in [2.45, 2.75) is 31.2 Å². The number of amides is 1. The first-order valence-electron chi connectivity index (χ1n) is 8.24. The van der Waals surface area contributed by atoms with Crippen molar-refractivity contribution < 1.29 is 27.8 Å². The number of nitrogens with one attached hydrogen (secondary N) is 1. The van der Waals surface area contributed by atoms with Crippen molar-refractivity contribution in [2.75, 3.05) is 38.7 Å². The van der Waals surface area contributed by atoms with Gasteiger partial charge in [-0.25, -0.2) is 0 Å². The number of hydrogen-bond acceptors (Lipinski definition) is 5. The number of benzene rings is 1. The van der Waals surface area contributed by atoms with Gasteiger partial charge in [-0.3, -0.25) is 9.69 Å². The van der Waals surface area contributed by atoms with Crippen molar-refractivity contribution in [2.24, 2.45) is 0 Å². The fourth-order valence-corrected chi connectivity index (χ4v) is 3.58. The number of ether oxygens (including phenoxy) is 3. The maximum absolute atomic E-state index is 12.2. The fraction of sp³-hybridized carbons (Fsp3) is 0.588. The average Bonchev–Trinajstić information content (AvgIpc) is 3.16. The molecule has 1 aromatic carbocycles. The molecule has 2 aliphatic rings. The molecule has 2 saturated heterocycles. The summed E-state index contributed by atoms with van der Waals surface area (Å²) in [5.74, 6) is -0.122. The van der Waals surface area contributed by atoms with Gasteiger partial charge in [-0.1, -0.05) is 0 Å². The molecule has 0 aromatic heterocycles. The zero-order valence-corrected chi connectivity index (χ0v) is 14.0. The van der Waals surface area contributed by atoms with Crippen LogP contribution in [-0.4, -0.2) is 62.5 Å². The molecule has 138 valence electrons. The predicted octanol–water partition coefficient (Wildman–Crippen LogP) is 2.11. The highest BCUT2D eigenvalue weighted by Crippen LogP contribution is 2.36. The standard InChI is InChI=1S/C17H22F2N2O4/c1-23-14-9-21(11-17(14)7-2-8-24-17)10-15(22)20-12-3-5-13(6-4-12)25-16(18)19/h3-6,14,16H,2,7-11H2,1H3,(H,20,22)/t14-,17-/m1/s1. The van der Waals surface area contributed by atoms with E-state index in [-0.39, 0.29) is 29.9 Å². The SMILES string of the molecule is CO[C@@H]1CN(CC(=O)Nc2ccc(OC(F)F)cc2)C[C@]12CCCO2. The van der Waals surface area contributed by atoms with Crippen molar-refractivity contribution in [1.82, 2.24) is 4.90 Å². The largest absolute Gasteiger partial charge is 0.435 e. The predicted molar refractivity (Wildman–Crippen MR) is 86.9 cm³/mol. The number of anilines is 1. The van der Waals surface area contributed by atoms with Crippen LogP contribution in [0.2, 0.25) is 0 Å². The first-order chi connectivity index (χ1) is 12.0. The molecule has 2 heterocycles. The van der Waals surface area contributed by atoms with E-state index in [0.717, 1.165) is 19.4 Å². The van der Waals surface area contributed by atoms with E-state index in [1.165, 1.54) is 24.3 Å². The normalized spacial score (nSPS) is 26.5. The molecule has 6 nitrogen and oxygen atoms in total. The molecule has 2 fully saturated rings. The lowest BCUT2D eigenvalue weighted by atomic mass is 9.97. The lowest BCUT2D eigenvalue weighted by molar-refractivity contribution is -0.117. The highest BCUT2D eigenvalue weighted by molar-refractivity contribution is 5.92. The zero-order chi connectivity index (χ0) is 17.9. The van der Waals surface area contributed by atoms with Crippen molar-refractivity contribution in [3.63, 3.8) is 0 Å². The Morgan fingerprint density at radius 1 is 1.44 bits per heavy atom. The summed E-state index contributed by atoms with van der Waals surface area (Å²) in [7, 11) is 1.67. The van der Waals surface area contributed by atoms with Gasteiger partial charge in [-0.15, -0.1) is 0 Å². The minimum Gasteiger partial charge on any atom is -0.435 e. The lowest BCUT2D eigenvalue weighted by Gasteiger charge is -2.28. The van der Waals surface area contributed by atoms with Crippen LogP contribution >= 0.6 is 0 Å². The van der Waals surface area contributed by atoms with Crippen molar-refractivity contribution in [3.8, 4) is 5.75 Å². The van der Waals surface area contributed by atoms with Gasteiger partial charge in [-0.2, -0.15) is 8.78 Å². The number of carbonyl (C=O) groups excluding carboxylic acids is 1. The summed E-state index contributed by atoms with van der Waals surface area (Å²) in [5.41, 5.74) is 0.226. The number of methoxy groups -OCH3 is 1. The van der Waals surface area contributed by atoms with E-state index < -0.39 is 6.61 Å². The Morgan fingerprint density at radius 2 is 2.20 bits per heavy atom. The molecule has 2 aliphatic heterocycles. The summed E-state index contributed by atoms with van der Waals surface area (Å²) in [6.07, 6.45) is 1.91. The van der Waals surface area contributed by atoms with Gasteiger partial charge in [-0.05, 0) is 37.1 Å². The number of likely N-dealkylation sites (tertiary alicyclic amines) is 1. The second kappa shape index (κ2) is 7.63. The summed E-state index contributed by atoms with van der Waals surface area (Å²) in [5, 5.41) is 2.76. The molecule has 3 rings (SSSR count). The van der Waals surface area contributed by atoms with Crippen LogP contribution in [0.25, 0.3) is 0 Å². The maximum Gasteiger partial charge on any atom is 0.387 e. The molecule has 8 heteroatoms. The number of hydrogen-bond donors (Lipinski definition) is 1. The van der Waals surface area contributed by atoms with Crippen LogP contribution in [0.1, 0.15) is 12.8 Å². The Morgan fingerprint density at radius 3 is 2.80 bits per heavy atom. The quantitative estimate of drug-likeness (QED) is 0.846. The van der Waals surface area contributed by atoms with E-state index >= 15 is 0 Å². The zero-order valence-electron chi connectivity index (χ0n) is 14.0. The molecule has 0 aliphatic carbocycles. The smallest absolute Gasteiger partial charge is 0.387 e. The van der Waals surface area contributed by atoms with Crippen LogP contribution in [0.3, 0.4) is 0 Å². The van der Waals surface area contributed by atoms with E-state index in [1.54, 1.807) is 7.11 Å². The second-order valence-electron chi connectivity index (χ2n) is 6.36. The Kier molecular flexibility index (Phi) is 5.51. The monoisotopic (exact) mass is 356 g/mol. The Hall–Kier alpha value is -1.77. The van der Waals surface area contributed by atoms with Crippen molar-refractivity contribution in [1.29, 1.82) is 0 Å². The molecule has 0 bridgehead atoms. The molecule has 0 radical (unpaired) electrons. The average molecular weight is 356 g/mol. The minimum atomic E-state index is -2.87. The number of halogens is 2. The summed E-state index contributed by atoms with van der Waals surface area (Å²) in [4.78, 5) is 14.3. The molecule has 1 amide bonds. The molecule has 2 atom stereocenters. The second-order valence-corrected chi connectivity index (χ2v) is 6.36. The van der Waals surface area contributed by atoms with E-state index in [0.29, 0.717) is 18.8 Å². The molecular formula is C17H22F2N2O4. The number of alkyl halides is 2. The highest BCUT2D eigenvalue weighted by atomic mass is 19.3. The van der Waals surface area contributed by atoms with E-state index in [2.05, 4.69) is 10.1 Å². The van der Waals surface area contributed by atoms with E-state index in [1.807, 2.05) is 4.90 Å². The van der Waals surface area contributed by atoms with Crippen molar-refractivity contribution >= 4 is 11.6 Å². The first-order valence-corrected chi connectivity index (χ1v) is 8.24. The summed E-state index contributed by atoms with van der Waals surface area (Å²) < 4.78 is 40.0. The number of rotatable bonds is 6. The van der Waals surface area contributed by atoms with Gasteiger partial charge in [0.15, 0.2) is 0 Å². The third kappa shape index (κ3) is 4.26. The summed E-state index contributed by atoms with van der Waals surface area (Å²) in [6.45, 7) is -0.604. The molecule has 25 heavy (non-hydrogen) atoms. The summed E-state index contributed by atoms with van der Waals surface area (Å²) >= 11 is 0. The van der Waals surface area contributed by atoms with E-state index in [9.17, 15) is 13.6 Å². The third-order valence-corrected chi connectivity index (χ3v) is 4.65. The van der Waals surface area contributed by atoms with Crippen molar-refractivity contribution in [3.05, 3.63) is 24.3 Å². The Labute approximate surface area is 145 Å². The molecule has 1 spiro atoms. The van der Waals surface area contributed by atoms with Gasteiger partial charge in [0.05, 0.1) is 12.6 Å². The molecule has 0 unspecified atom stereocenters. The van der Waals surface area contributed by atoms with E-state index in [4.69, 9.17) is 9.47 Å². The molecular weight excluding hydrogens is 334 g/mol. The van der Waals surface area contributed by atoms with Gasteiger partial charge in [0.1, 0.15) is 11.4 Å². The highest BCUT2D eigenvalue weighted by Gasteiger charge is 2.50. The number of nitrogens with zero attached hydrogens (tertiary/aromatic N) is 1. The van der Waals surface area contributed by atoms with Gasteiger partial charge < -0.3 is 19.5 Å². The molecule has 0 saturated carbocycles. The van der Waals surface area contributed by atoms with Crippen LogP contribution in [0.15, 0.2) is 24.3 Å². The first kappa shape index (κ1) is 18.0. The summed E-state index contributed by atoms with van der Waals surface area (Å²) in [6, 6.07) is 5.83.